The van der Waals surface area contributed by atoms with Gasteiger partial charge in [0.1, 0.15) is 0 Å². The molecule has 1 heterocycles. The van der Waals surface area contributed by atoms with Gasteiger partial charge in [0, 0.05) is 32.2 Å². The Kier molecular flexibility index (Phi) is 6.21. The van der Waals surface area contributed by atoms with Gasteiger partial charge in [0.25, 0.3) is 0 Å². The second-order valence-electron chi connectivity index (χ2n) is 6.06. The normalized spacial score (nSPS) is 17.0. The molecule has 1 fully saturated rings. The first-order chi connectivity index (χ1) is 11.4. The number of rotatable bonds is 7. The van der Waals surface area contributed by atoms with Crippen LogP contribution >= 0.6 is 0 Å². The first kappa shape index (κ1) is 16.2. The van der Waals surface area contributed by atoms with Gasteiger partial charge in [-0.1, -0.05) is 60.7 Å². The van der Waals surface area contributed by atoms with Gasteiger partial charge in [-0.15, -0.1) is 0 Å². The average Bonchev–Trinajstić information content (AvgIpc) is 2.63. The summed E-state index contributed by atoms with van der Waals surface area (Å²) in [4.78, 5) is 2.47. The lowest BCUT2D eigenvalue weighted by Gasteiger charge is -2.28. The summed E-state index contributed by atoms with van der Waals surface area (Å²) in [7, 11) is 0. The van der Waals surface area contributed by atoms with Crippen molar-refractivity contribution in [2.45, 2.75) is 12.5 Å². The van der Waals surface area contributed by atoms with Crippen molar-refractivity contribution in [1.82, 2.24) is 10.2 Å². The lowest BCUT2D eigenvalue weighted by molar-refractivity contribution is 0.0381. The van der Waals surface area contributed by atoms with Crippen molar-refractivity contribution in [2.24, 2.45) is 0 Å². The maximum atomic E-state index is 5.41. The monoisotopic (exact) mass is 310 g/mol. The van der Waals surface area contributed by atoms with Crippen LogP contribution < -0.4 is 5.32 Å². The molecule has 122 valence electrons. The van der Waals surface area contributed by atoms with Crippen molar-refractivity contribution in [1.29, 1.82) is 0 Å². The fourth-order valence-electron chi connectivity index (χ4n) is 3.06. The topological polar surface area (TPSA) is 24.5 Å². The predicted octanol–water partition coefficient (Wildman–Crippen LogP) is 2.89. The van der Waals surface area contributed by atoms with Gasteiger partial charge in [0.15, 0.2) is 0 Å². The summed E-state index contributed by atoms with van der Waals surface area (Å²) < 4.78 is 5.41. The number of nitrogens with one attached hydrogen (secondary N) is 1. The van der Waals surface area contributed by atoms with Crippen molar-refractivity contribution in [3.63, 3.8) is 0 Å². The van der Waals surface area contributed by atoms with Gasteiger partial charge in [-0.05, 0) is 17.5 Å². The smallest absolute Gasteiger partial charge is 0.0594 e. The molecule has 3 heteroatoms. The van der Waals surface area contributed by atoms with Crippen LogP contribution in [-0.4, -0.2) is 44.3 Å². The Labute approximate surface area is 139 Å². The molecule has 1 aliphatic rings. The first-order valence-electron chi connectivity index (χ1n) is 8.54. The van der Waals surface area contributed by atoms with E-state index in [4.69, 9.17) is 4.74 Å². The molecule has 1 atom stereocenters. The Balaban J connectivity index is 1.58. The third-order valence-electron chi connectivity index (χ3n) is 4.41. The lowest BCUT2D eigenvalue weighted by Crippen LogP contribution is -2.41. The number of hydrogen-bond donors (Lipinski definition) is 1. The van der Waals surface area contributed by atoms with Crippen LogP contribution in [0.4, 0.5) is 0 Å². The molecule has 0 aromatic heterocycles. The molecular weight excluding hydrogens is 284 g/mol. The summed E-state index contributed by atoms with van der Waals surface area (Å²) >= 11 is 0. The Morgan fingerprint density at radius 1 is 0.913 bits per heavy atom. The maximum Gasteiger partial charge on any atom is 0.0594 e. The highest BCUT2D eigenvalue weighted by atomic mass is 16.5. The highest BCUT2D eigenvalue weighted by Crippen LogP contribution is 2.18. The summed E-state index contributed by atoms with van der Waals surface area (Å²) in [5.41, 5.74) is 2.73. The third kappa shape index (κ3) is 5.17. The van der Waals surface area contributed by atoms with Crippen LogP contribution in [0, 0.1) is 0 Å². The van der Waals surface area contributed by atoms with Crippen LogP contribution in [-0.2, 0) is 11.2 Å². The molecule has 0 amide bonds. The van der Waals surface area contributed by atoms with Gasteiger partial charge in [-0.3, -0.25) is 4.90 Å². The second-order valence-corrected chi connectivity index (χ2v) is 6.06. The fourth-order valence-corrected chi connectivity index (χ4v) is 3.06. The zero-order valence-electron chi connectivity index (χ0n) is 13.7. The van der Waals surface area contributed by atoms with Gasteiger partial charge < -0.3 is 10.1 Å². The van der Waals surface area contributed by atoms with E-state index in [2.05, 4.69) is 70.9 Å². The minimum atomic E-state index is 0.361. The van der Waals surface area contributed by atoms with Crippen LogP contribution in [0.2, 0.25) is 0 Å². The minimum Gasteiger partial charge on any atom is -0.379 e. The van der Waals surface area contributed by atoms with E-state index in [-0.39, 0.29) is 0 Å². The molecule has 1 aliphatic heterocycles. The zero-order chi connectivity index (χ0) is 15.7. The number of benzene rings is 2. The van der Waals surface area contributed by atoms with Gasteiger partial charge in [0.2, 0.25) is 0 Å². The molecule has 0 saturated carbocycles. The van der Waals surface area contributed by atoms with Crippen LogP contribution in [0.1, 0.15) is 17.2 Å². The van der Waals surface area contributed by atoms with Gasteiger partial charge >= 0.3 is 0 Å². The Hall–Kier alpha value is -1.68. The summed E-state index contributed by atoms with van der Waals surface area (Å²) in [6, 6.07) is 21.8. The molecule has 1 unspecified atom stereocenters. The van der Waals surface area contributed by atoms with Crippen molar-refractivity contribution >= 4 is 0 Å². The quantitative estimate of drug-likeness (QED) is 0.851. The molecule has 3 nitrogen and oxygen atoms in total. The molecule has 0 radical (unpaired) electrons. The molecule has 2 aromatic rings. The SMILES string of the molecule is c1ccc(CC(NCCN2CCOCC2)c2ccccc2)cc1. The van der Waals surface area contributed by atoms with Crippen molar-refractivity contribution in [3.05, 3.63) is 71.8 Å². The molecule has 1 saturated heterocycles. The van der Waals surface area contributed by atoms with Crippen LogP contribution in [0.3, 0.4) is 0 Å². The van der Waals surface area contributed by atoms with Crippen LogP contribution in [0.5, 0.6) is 0 Å². The number of nitrogens with zero attached hydrogens (tertiary/aromatic N) is 1. The molecule has 0 spiro atoms. The highest BCUT2D eigenvalue weighted by molar-refractivity contribution is 5.23. The Bertz CT molecular complexity index is 552. The summed E-state index contributed by atoms with van der Waals surface area (Å²) in [5.74, 6) is 0. The van der Waals surface area contributed by atoms with Crippen molar-refractivity contribution in [2.75, 3.05) is 39.4 Å². The lowest BCUT2D eigenvalue weighted by atomic mass is 9.99. The van der Waals surface area contributed by atoms with E-state index < -0.39 is 0 Å². The minimum absolute atomic E-state index is 0.361. The molecule has 0 bridgehead atoms. The van der Waals surface area contributed by atoms with Crippen molar-refractivity contribution in [3.8, 4) is 0 Å². The van der Waals surface area contributed by atoms with E-state index in [1.54, 1.807) is 0 Å². The molecule has 23 heavy (non-hydrogen) atoms. The van der Waals surface area contributed by atoms with E-state index in [1.165, 1.54) is 11.1 Å². The molecule has 1 N–H and O–H groups in total. The first-order valence-corrected chi connectivity index (χ1v) is 8.54. The Morgan fingerprint density at radius 2 is 1.57 bits per heavy atom. The molecule has 3 rings (SSSR count). The number of morpholine rings is 1. The van der Waals surface area contributed by atoms with Crippen molar-refractivity contribution < 1.29 is 4.74 Å². The van der Waals surface area contributed by atoms with E-state index in [0.717, 1.165) is 45.8 Å². The summed E-state index contributed by atoms with van der Waals surface area (Å²) in [6.07, 6.45) is 1.02. The van der Waals surface area contributed by atoms with Gasteiger partial charge in [-0.2, -0.15) is 0 Å². The summed E-state index contributed by atoms with van der Waals surface area (Å²) in [6.45, 7) is 5.93. The zero-order valence-corrected chi connectivity index (χ0v) is 13.7. The van der Waals surface area contributed by atoms with Gasteiger partial charge in [0.05, 0.1) is 13.2 Å². The summed E-state index contributed by atoms with van der Waals surface area (Å²) in [5, 5.41) is 3.75. The average molecular weight is 310 g/mol. The molecule has 0 aliphatic carbocycles. The van der Waals surface area contributed by atoms with E-state index in [0.29, 0.717) is 6.04 Å². The maximum absolute atomic E-state index is 5.41. The molecular formula is C20H26N2O. The molecule has 2 aromatic carbocycles. The van der Waals surface area contributed by atoms with E-state index in [9.17, 15) is 0 Å². The van der Waals surface area contributed by atoms with Gasteiger partial charge in [-0.25, -0.2) is 0 Å². The third-order valence-corrected chi connectivity index (χ3v) is 4.41. The Morgan fingerprint density at radius 3 is 2.26 bits per heavy atom. The predicted molar refractivity (Wildman–Crippen MR) is 94.6 cm³/mol. The fraction of sp³-hybridized carbons (Fsp3) is 0.400. The standard InChI is InChI=1S/C20H26N2O/c1-3-7-18(8-4-1)17-20(19-9-5-2-6-10-19)21-11-12-22-13-15-23-16-14-22/h1-10,20-21H,11-17H2. The number of ether oxygens (including phenoxy) is 1. The van der Waals surface area contributed by atoms with Crippen LogP contribution in [0.15, 0.2) is 60.7 Å². The number of hydrogen-bond acceptors (Lipinski definition) is 3. The van der Waals surface area contributed by atoms with Crippen LogP contribution in [0.25, 0.3) is 0 Å². The largest absolute Gasteiger partial charge is 0.379 e. The highest BCUT2D eigenvalue weighted by Gasteiger charge is 2.13. The van der Waals surface area contributed by atoms with E-state index >= 15 is 0 Å². The van der Waals surface area contributed by atoms with E-state index in [1.807, 2.05) is 0 Å². The second kappa shape index (κ2) is 8.82.